The van der Waals surface area contributed by atoms with E-state index in [-0.39, 0.29) is 5.82 Å². The predicted octanol–water partition coefficient (Wildman–Crippen LogP) is 3.33. The highest BCUT2D eigenvalue weighted by atomic mass is 19.1. The summed E-state index contributed by atoms with van der Waals surface area (Å²) in [5.74, 6) is 1.19. The van der Waals surface area contributed by atoms with E-state index in [0.717, 1.165) is 29.2 Å². The summed E-state index contributed by atoms with van der Waals surface area (Å²) >= 11 is 0. The van der Waals surface area contributed by atoms with Crippen LogP contribution < -0.4 is 5.32 Å². The van der Waals surface area contributed by atoms with Crippen LogP contribution in [0.3, 0.4) is 0 Å². The van der Waals surface area contributed by atoms with Crippen molar-refractivity contribution in [3.8, 4) is 11.3 Å². The molecule has 0 fully saturated rings. The number of aryl methyl sites for hydroxylation is 2. The third-order valence-corrected chi connectivity index (χ3v) is 2.53. The van der Waals surface area contributed by atoms with E-state index in [2.05, 4.69) is 15.3 Å². The SMILES string of the molecule is CCNc1cc(-c2cc(C)cc(F)c2)nc(C)n1. The van der Waals surface area contributed by atoms with Crippen molar-refractivity contribution < 1.29 is 4.39 Å². The fourth-order valence-electron chi connectivity index (χ4n) is 1.87. The minimum Gasteiger partial charge on any atom is -0.370 e. The average Bonchev–Trinajstić information content (AvgIpc) is 2.27. The normalized spacial score (nSPS) is 10.4. The quantitative estimate of drug-likeness (QED) is 0.901. The van der Waals surface area contributed by atoms with Crippen LogP contribution in [0.15, 0.2) is 24.3 Å². The van der Waals surface area contributed by atoms with Crippen LogP contribution in [0.2, 0.25) is 0 Å². The Labute approximate surface area is 106 Å². The summed E-state index contributed by atoms with van der Waals surface area (Å²) in [7, 11) is 0. The third kappa shape index (κ3) is 2.83. The highest BCUT2D eigenvalue weighted by molar-refractivity contribution is 5.63. The van der Waals surface area contributed by atoms with Gasteiger partial charge in [0.15, 0.2) is 0 Å². The van der Waals surface area contributed by atoms with Crippen LogP contribution >= 0.6 is 0 Å². The van der Waals surface area contributed by atoms with Gasteiger partial charge in [0.2, 0.25) is 0 Å². The van der Waals surface area contributed by atoms with Crippen molar-refractivity contribution in [1.29, 1.82) is 0 Å². The lowest BCUT2D eigenvalue weighted by molar-refractivity contribution is 0.627. The molecule has 18 heavy (non-hydrogen) atoms. The van der Waals surface area contributed by atoms with Crippen molar-refractivity contribution in [2.75, 3.05) is 11.9 Å². The maximum absolute atomic E-state index is 13.4. The molecule has 0 spiro atoms. The van der Waals surface area contributed by atoms with E-state index in [9.17, 15) is 4.39 Å². The molecule has 0 aliphatic rings. The first-order valence-corrected chi connectivity index (χ1v) is 5.95. The van der Waals surface area contributed by atoms with Gasteiger partial charge in [0.05, 0.1) is 5.69 Å². The number of hydrogen-bond acceptors (Lipinski definition) is 3. The molecule has 1 aromatic carbocycles. The van der Waals surface area contributed by atoms with E-state index in [0.29, 0.717) is 5.82 Å². The zero-order valence-corrected chi connectivity index (χ0v) is 10.8. The van der Waals surface area contributed by atoms with Crippen LogP contribution in [0, 0.1) is 19.7 Å². The molecule has 0 unspecified atom stereocenters. The van der Waals surface area contributed by atoms with Crippen molar-refractivity contribution in [1.82, 2.24) is 9.97 Å². The number of nitrogens with zero attached hydrogens (tertiary/aromatic N) is 2. The smallest absolute Gasteiger partial charge is 0.130 e. The molecule has 0 aliphatic heterocycles. The first-order valence-electron chi connectivity index (χ1n) is 5.95. The van der Waals surface area contributed by atoms with Crippen LogP contribution in [0.5, 0.6) is 0 Å². The fourth-order valence-corrected chi connectivity index (χ4v) is 1.87. The van der Waals surface area contributed by atoms with E-state index in [1.54, 1.807) is 0 Å². The summed E-state index contributed by atoms with van der Waals surface area (Å²) in [6.45, 7) is 6.49. The Morgan fingerprint density at radius 2 is 1.89 bits per heavy atom. The van der Waals surface area contributed by atoms with Crippen LogP contribution in [-0.4, -0.2) is 16.5 Å². The maximum atomic E-state index is 13.4. The minimum atomic E-state index is -0.244. The lowest BCUT2D eigenvalue weighted by atomic mass is 10.1. The minimum absolute atomic E-state index is 0.244. The molecule has 0 bridgehead atoms. The summed E-state index contributed by atoms with van der Waals surface area (Å²) in [6, 6.07) is 6.75. The molecule has 0 amide bonds. The van der Waals surface area contributed by atoms with Crippen molar-refractivity contribution >= 4 is 5.82 Å². The van der Waals surface area contributed by atoms with E-state index < -0.39 is 0 Å². The monoisotopic (exact) mass is 245 g/mol. The second-order valence-corrected chi connectivity index (χ2v) is 4.23. The molecular formula is C14H16FN3. The molecule has 0 atom stereocenters. The number of rotatable bonds is 3. The van der Waals surface area contributed by atoms with Gasteiger partial charge in [0, 0.05) is 18.2 Å². The summed E-state index contributed by atoms with van der Waals surface area (Å²) < 4.78 is 13.4. The summed E-state index contributed by atoms with van der Waals surface area (Å²) in [6.07, 6.45) is 0. The van der Waals surface area contributed by atoms with Gasteiger partial charge in [-0.05, 0) is 44.5 Å². The Balaban J connectivity index is 2.49. The molecule has 2 aromatic rings. The largest absolute Gasteiger partial charge is 0.370 e. The van der Waals surface area contributed by atoms with Gasteiger partial charge < -0.3 is 5.32 Å². The predicted molar refractivity (Wildman–Crippen MR) is 71.1 cm³/mol. The zero-order valence-electron chi connectivity index (χ0n) is 10.8. The standard InChI is InChI=1S/C14H16FN3/c1-4-16-14-8-13(17-10(3)18-14)11-5-9(2)6-12(15)7-11/h5-8H,4H2,1-3H3,(H,16,17,18). The average molecular weight is 245 g/mol. The first-order chi connectivity index (χ1) is 8.58. The van der Waals surface area contributed by atoms with Crippen LogP contribution in [-0.2, 0) is 0 Å². The molecule has 1 heterocycles. The van der Waals surface area contributed by atoms with E-state index in [1.165, 1.54) is 12.1 Å². The number of halogens is 1. The van der Waals surface area contributed by atoms with Crippen LogP contribution in [0.25, 0.3) is 11.3 Å². The van der Waals surface area contributed by atoms with E-state index in [4.69, 9.17) is 0 Å². The van der Waals surface area contributed by atoms with Crippen LogP contribution in [0.1, 0.15) is 18.3 Å². The number of benzene rings is 1. The van der Waals surface area contributed by atoms with Gasteiger partial charge in [-0.2, -0.15) is 0 Å². The highest BCUT2D eigenvalue weighted by Crippen LogP contribution is 2.22. The summed E-state index contributed by atoms with van der Waals surface area (Å²) in [5, 5.41) is 3.14. The molecule has 0 saturated heterocycles. The lowest BCUT2D eigenvalue weighted by Gasteiger charge is -2.08. The Hall–Kier alpha value is -1.97. The topological polar surface area (TPSA) is 37.8 Å². The molecule has 1 N–H and O–H groups in total. The molecule has 0 aliphatic carbocycles. The Kier molecular flexibility index (Phi) is 3.55. The van der Waals surface area contributed by atoms with Gasteiger partial charge in [-0.3, -0.25) is 0 Å². The second-order valence-electron chi connectivity index (χ2n) is 4.23. The molecule has 3 nitrogen and oxygen atoms in total. The zero-order chi connectivity index (χ0) is 13.1. The Morgan fingerprint density at radius 1 is 1.11 bits per heavy atom. The number of anilines is 1. The Morgan fingerprint density at radius 3 is 2.56 bits per heavy atom. The fraction of sp³-hybridized carbons (Fsp3) is 0.286. The van der Waals surface area contributed by atoms with Gasteiger partial charge in [-0.15, -0.1) is 0 Å². The molecule has 0 radical (unpaired) electrons. The Bertz CT molecular complexity index is 547. The number of aromatic nitrogens is 2. The van der Waals surface area contributed by atoms with Gasteiger partial charge in [-0.25, -0.2) is 14.4 Å². The molecular weight excluding hydrogens is 229 g/mol. The van der Waals surface area contributed by atoms with E-state index >= 15 is 0 Å². The van der Waals surface area contributed by atoms with Gasteiger partial charge >= 0.3 is 0 Å². The van der Waals surface area contributed by atoms with Gasteiger partial charge in [0.1, 0.15) is 17.5 Å². The third-order valence-electron chi connectivity index (χ3n) is 2.53. The number of nitrogens with one attached hydrogen (secondary N) is 1. The lowest BCUT2D eigenvalue weighted by Crippen LogP contribution is -2.02. The first kappa shape index (κ1) is 12.5. The molecule has 4 heteroatoms. The molecule has 1 aromatic heterocycles. The van der Waals surface area contributed by atoms with Crippen molar-refractivity contribution in [3.63, 3.8) is 0 Å². The van der Waals surface area contributed by atoms with Crippen molar-refractivity contribution in [3.05, 3.63) is 41.5 Å². The maximum Gasteiger partial charge on any atom is 0.130 e. The van der Waals surface area contributed by atoms with E-state index in [1.807, 2.05) is 32.9 Å². The molecule has 94 valence electrons. The summed E-state index contributed by atoms with van der Waals surface area (Å²) in [4.78, 5) is 8.63. The number of hydrogen-bond donors (Lipinski definition) is 1. The van der Waals surface area contributed by atoms with Crippen molar-refractivity contribution in [2.24, 2.45) is 0 Å². The highest BCUT2D eigenvalue weighted by Gasteiger charge is 2.06. The van der Waals surface area contributed by atoms with Gasteiger partial charge in [0.25, 0.3) is 0 Å². The second kappa shape index (κ2) is 5.12. The van der Waals surface area contributed by atoms with Crippen LogP contribution in [0.4, 0.5) is 10.2 Å². The van der Waals surface area contributed by atoms with Crippen molar-refractivity contribution in [2.45, 2.75) is 20.8 Å². The summed E-state index contributed by atoms with van der Waals surface area (Å²) in [5.41, 5.74) is 2.39. The molecule has 0 saturated carbocycles. The van der Waals surface area contributed by atoms with Gasteiger partial charge in [-0.1, -0.05) is 0 Å². The molecule has 2 rings (SSSR count).